The highest BCUT2D eigenvalue weighted by Gasteiger charge is 2.20. The van der Waals surface area contributed by atoms with Gasteiger partial charge in [-0.3, -0.25) is 9.59 Å². The van der Waals surface area contributed by atoms with Crippen LogP contribution < -0.4 is 22.4 Å². The van der Waals surface area contributed by atoms with Gasteiger partial charge in [0.25, 0.3) is 0 Å². The number of ketones is 1. The van der Waals surface area contributed by atoms with Gasteiger partial charge in [0, 0.05) is 17.7 Å². The van der Waals surface area contributed by atoms with Crippen LogP contribution in [0.1, 0.15) is 22.3 Å². The molecular formula is C20H20N4O5. The van der Waals surface area contributed by atoms with Gasteiger partial charge >= 0.3 is 17.1 Å². The molecule has 0 spiro atoms. The van der Waals surface area contributed by atoms with Gasteiger partial charge in [-0.15, -0.1) is 13.2 Å². The van der Waals surface area contributed by atoms with E-state index >= 15 is 0 Å². The summed E-state index contributed by atoms with van der Waals surface area (Å²) in [5.74, 6) is -0.548. The SMILES string of the molecule is C=CCn1c(=O)n(CC=C)c(=O)n(CC(=O)c2ccc3c(c2)CCC(=O)N3)c1=O. The second-order valence-electron chi connectivity index (χ2n) is 6.58. The van der Waals surface area contributed by atoms with Crippen molar-refractivity contribution >= 4 is 17.4 Å². The van der Waals surface area contributed by atoms with Gasteiger partial charge in [0.05, 0.1) is 19.6 Å². The summed E-state index contributed by atoms with van der Waals surface area (Å²) in [6.45, 7) is 6.31. The van der Waals surface area contributed by atoms with Gasteiger partial charge in [-0.05, 0) is 30.2 Å². The van der Waals surface area contributed by atoms with Gasteiger partial charge in [-0.2, -0.15) is 0 Å². The highest BCUT2D eigenvalue weighted by atomic mass is 16.2. The third kappa shape index (κ3) is 3.79. The van der Waals surface area contributed by atoms with E-state index in [1.54, 1.807) is 12.1 Å². The van der Waals surface area contributed by atoms with E-state index in [1.165, 1.54) is 18.2 Å². The van der Waals surface area contributed by atoms with E-state index in [2.05, 4.69) is 18.5 Å². The van der Waals surface area contributed by atoms with Crippen molar-refractivity contribution in [3.8, 4) is 0 Å². The third-order valence-corrected chi connectivity index (χ3v) is 4.63. The molecule has 9 nitrogen and oxygen atoms in total. The summed E-state index contributed by atoms with van der Waals surface area (Å²) in [4.78, 5) is 61.9. The van der Waals surface area contributed by atoms with E-state index in [-0.39, 0.29) is 19.0 Å². The van der Waals surface area contributed by atoms with Gasteiger partial charge in [0.2, 0.25) is 5.91 Å². The molecule has 0 bridgehead atoms. The lowest BCUT2D eigenvalue weighted by atomic mass is 9.99. The average molecular weight is 396 g/mol. The molecule has 150 valence electrons. The zero-order valence-corrected chi connectivity index (χ0v) is 15.7. The van der Waals surface area contributed by atoms with Crippen molar-refractivity contribution in [1.29, 1.82) is 0 Å². The summed E-state index contributed by atoms with van der Waals surface area (Å²) in [5.41, 5.74) is -0.778. The molecular weight excluding hydrogens is 376 g/mol. The Bertz CT molecular complexity index is 1150. The van der Waals surface area contributed by atoms with Crippen LogP contribution in [0, 0.1) is 0 Å². The first-order valence-electron chi connectivity index (χ1n) is 8.99. The molecule has 3 rings (SSSR count). The number of carbonyl (C=O) groups excluding carboxylic acids is 2. The summed E-state index contributed by atoms with van der Waals surface area (Å²) in [7, 11) is 0. The van der Waals surface area contributed by atoms with Crippen LogP contribution in [0.2, 0.25) is 0 Å². The smallest absolute Gasteiger partial charge is 0.326 e. The van der Waals surface area contributed by atoms with Crippen molar-refractivity contribution in [2.24, 2.45) is 0 Å². The molecule has 0 atom stereocenters. The van der Waals surface area contributed by atoms with Crippen LogP contribution in [0.25, 0.3) is 0 Å². The third-order valence-electron chi connectivity index (χ3n) is 4.63. The minimum absolute atomic E-state index is 0.0876. The highest BCUT2D eigenvalue weighted by molar-refractivity contribution is 5.98. The van der Waals surface area contributed by atoms with Crippen LogP contribution in [-0.4, -0.2) is 25.4 Å². The van der Waals surface area contributed by atoms with Gasteiger partial charge in [-0.1, -0.05) is 12.2 Å². The Morgan fingerprint density at radius 3 is 2.10 bits per heavy atom. The number of hydrogen-bond donors (Lipinski definition) is 1. The molecule has 1 N–H and O–H groups in total. The fourth-order valence-electron chi connectivity index (χ4n) is 3.18. The van der Waals surface area contributed by atoms with E-state index in [9.17, 15) is 24.0 Å². The van der Waals surface area contributed by atoms with Gasteiger partial charge in [-0.25, -0.2) is 28.1 Å². The maximum Gasteiger partial charge on any atom is 0.337 e. The van der Waals surface area contributed by atoms with Crippen LogP contribution in [0.4, 0.5) is 5.69 Å². The number of rotatable bonds is 7. The number of aryl methyl sites for hydroxylation is 1. The molecule has 0 fully saturated rings. The fraction of sp³-hybridized carbons (Fsp3) is 0.250. The highest BCUT2D eigenvalue weighted by Crippen LogP contribution is 2.23. The number of nitrogens with one attached hydrogen (secondary N) is 1. The molecule has 9 heteroatoms. The average Bonchev–Trinajstić information content (AvgIpc) is 2.71. The lowest BCUT2D eigenvalue weighted by Gasteiger charge is -2.17. The lowest BCUT2D eigenvalue weighted by molar-refractivity contribution is -0.116. The van der Waals surface area contributed by atoms with Crippen molar-refractivity contribution in [3.05, 3.63) is 86.1 Å². The number of fused-ring (bicyclic) bond motifs is 1. The van der Waals surface area contributed by atoms with Crippen LogP contribution in [0.15, 0.2) is 57.9 Å². The normalized spacial score (nSPS) is 12.8. The van der Waals surface area contributed by atoms with Crippen molar-refractivity contribution in [2.45, 2.75) is 32.5 Å². The Morgan fingerprint density at radius 2 is 1.52 bits per heavy atom. The monoisotopic (exact) mass is 396 g/mol. The number of Topliss-reactive ketones (excluding diaryl/α,β-unsaturated/α-hetero) is 1. The summed E-state index contributed by atoms with van der Waals surface area (Å²) in [6.07, 6.45) is 3.53. The molecule has 1 amide bonds. The molecule has 0 aliphatic carbocycles. The first kappa shape index (κ1) is 20.0. The number of amides is 1. The van der Waals surface area contributed by atoms with Gasteiger partial charge in [0.1, 0.15) is 0 Å². The maximum absolute atomic E-state index is 12.8. The molecule has 1 aliphatic heterocycles. The number of nitrogens with zero attached hydrogens (tertiary/aromatic N) is 3. The predicted molar refractivity (Wildman–Crippen MR) is 107 cm³/mol. The predicted octanol–water partition coefficient (Wildman–Crippen LogP) is 0.311. The van der Waals surface area contributed by atoms with E-state index in [1.807, 2.05) is 0 Å². The standard InChI is InChI=1S/C20H20N4O5/c1-3-9-22-18(27)23(10-4-2)20(29)24(19(22)28)12-16(25)14-5-7-15-13(11-14)6-8-17(26)21-15/h3-5,7,11H,1-2,6,8-10,12H2,(H,21,26). The minimum Gasteiger partial charge on any atom is -0.326 e. The van der Waals surface area contributed by atoms with E-state index < -0.39 is 29.4 Å². The number of hydrogen-bond acceptors (Lipinski definition) is 5. The van der Waals surface area contributed by atoms with Gasteiger partial charge in [0.15, 0.2) is 5.78 Å². The summed E-state index contributed by atoms with van der Waals surface area (Å²) in [6, 6.07) is 4.79. The van der Waals surface area contributed by atoms with Crippen molar-refractivity contribution in [3.63, 3.8) is 0 Å². The van der Waals surface area contributed by atoms with Crippen LogP contribution >= 0.6 is 0 Å². The number of carbonyl (C=O) groups is 2. The fourth-order valence-corrected chi connectivity index (χ4v) is 3.18. The number of allylic oxidation sites excluding steroid dienone is 2. The molecule has 0 radical (unpaired) electrons. The molecule has 0 saturated heterocycles. The largest absolute Gasteiger partial charge is 0.337 e. The number of benzene rings is 1. The Morgan fingerprint density at radius 1 is 0.931 bits per heavy atom. The quantitative estimate of drug-likeness (QED) is 0.535. The Balaban J connectivity index is 2.02. The Labute approximate surface area is 165 Å². The molecule has 29 heavy (non-hydrogen) atoms. The molecule has 1 aliphatic rings. The number of anilines is 1. The van der Waals surface area contributed by atoms with E-state index in [0.29, 0.717) is 24.1 Å². The maximum atomic E-state index is 12.8. The zero-order valence-electron chi connectivity index (χ0n) is 15.7. The Hall–Kier alpha value is -3.75. The zero-order chi connectivity index (χ0) is 21.1. The second-order valence-corrected chi connectivity index (χ2v) is 6.58. The van der Waals surface area contributed by atoms with Crippen molar-refractivity contribution in [1.82, 2.24) is 13.7 Å². The van der Waals surface area contributed by atoms with E-state index in [4.69, 9.17) is 0 Å². The van der Waals surface area contributed by atoms with Crippen LogP contribution in [0.5, 0.6) is 0 Å². The topological polar surface area (TPSA) is 112 Å². The minimum atomic E-state index is -0.876. The van der Waals surface area contributed by atoms with Crippen LogP contribution in [0.3, 0.4) is 0 Å². The first-order chi connectivity index (χ1) is 13.9. The summed E-state index contributed by atoms with van der Waals surface area (Å²) < 4.78 is 2.42. The summed E-state index contributed by atoms with van der Waals surface area (Å²) in [5, 5.41) is 2.73. The molecule has 1 aromatic heterocycles. The van der Waals surface area contributed by atoms with E-state index in [0.717, 1.165) is 19.3 Å². The van der Waals surface area contributed by atoms with Crippen LogP contribution in [-0.2, 0) is 30.8 Å². The lowest BCUT2D eigenvalue weighted by Crippen LogP contribution is -2.55. The molecule has 2 aromatic rings. The molecule has 2 heterocycles. The molecule has 0 unspecified atom stereocenters. The first-order valence-corrected chi connectivity index (χ1v) is 8.99. The van der Waals surface area contributed by atoms with Crippen molar-refractivity contribution in [2.75, 3.05) is 5.32 Å². The summed E-state index contributed by atoms with van der Waals surface area (Å²) >= 11 is 0. The second kappa shape index (κ2) is 8.09. The Kier molecular flexibility index (Phi) is 5.58. The number of aromatic nitrogens is 3. The van der Waals surface area contributed by atoms with Gasteiger partial charge < -0.3 is 5.32 Å². The molecule has 1 aromatic carbocycles. The molecule has 0 saturated carbocycles. The van der Waals surface area contributed by atoms with Crippen molar-refractivity contribution < 1.29 is 9.59 Å².